The first-order valence-electron chi connectivity index (χ1n) is 8.03. The lowest BCUT2D eigenvalue weighted by Crippen LogP contribution is -2.10. The van der Waals surface area contributed by atoms with E-state index in [4.69, 9.17) is 16.3 Å². The van der Waals surface area contributed by atoms with E-state index >= 15 is 0 Å². The zero-order chi connectivity index (χ0) is 17.8. The van der Waals surface area contributed by atoms with Gasteiger partial charge < -0.3 is 9.30 Å². The van der Waals surface area contributed by atoms with Crippen molar-refractivity contribution in [2.24, 2.45) is 7.05 Å². The molecule has 1 heterocycles. The van der Waals surface area contributed by atoms with Crippen molar-refractivity contribution >= 4 is 23.4 Å². The largest absolute Gasteiger partial charge is 0.483 e. The first kappa shape index (κ1) is 17.8. The fourth-order valence-electron chi connectivity index (χ4n) is 2.44. The fourth-order valence-corrected chi connectivity index (χ4v) is 3.49. The molecule has 3 rings (SSSR count). The predicted molar refractivity (Wildman–Crippen MR) is 102 cm³/mol. The Morgan fingerprint density at radius 2 is 1.92 bits per heavy atom. The van der Waals surface area contributed by atoms with Crippen LogP contribution in [0.4, 0.5) is 0 Å². The smallest absolute Gasteiger partial charge is 0.191 e. The summed E-state index contributed by atoms with van der Waals surface area (Å²) in [5, 5.41) is 10.1. The van der Waals surface area contributed by atoms with Gasteiger partial charge in [0.1, 0.15) is 5.75 Å². The normalized spacial score (nSPS) is 12.2. The van der Waals surface area contributed by atoms with Crippen molar-refractivity contribution in [1.82, 2.24) is 14.8 Å². The Hall–Kier alpha value is -1.98. The van der Waals surface area contributed by atoms with Crippen LogP contribution in [-0.4, -0.2) is 14.8 Å². The van der Waals surface area contributed by atoms with Gasteiger partial charge in [-0.2, -0.15) is 0 Å². The molecule has 4 nitrogen and oxygen atoms in total. The van der Waals surface area contributed by atoms with E-state index in [-0.39, 0.29) is 6.10 Å². The van der Waals surface area contributed by atoms with E-state index in [1.165, 1.54) is 11.1 Å². The molecule has 1 atom stereocenters. The highest BCUT2D eigenvalue weighted by atomic mass is 35.5. The first-order chi connectivity index (χ1) is 12.0. The third-order valence-corrected chi connectivity index (χ3v) is 5.16. The summed E-state index contributed by atoms with van der Waals surface area (Å²) in [6.07, 6.45) is -0.218. The number of rotatable bonds is 6. The minimum atomic E-state index is -0.218. The molecule has 0 aliphatic carbocycles. The third kappa shape index (κ3) is 4.55. The van der Waals surface area contributed by atoms with Gasteiger partial charge in [-0.15, -0.1) is 10.2 Å². The zero-order valence-electron chi connectivity index (χ0n) is 14.4. The number of thioether (sulfide) groups is 1. The SMILES string of the molecule is Cc1ccc(CSc2nnc(C(C)Oc3cccc(Cl)c3)n2C)cc1. The Balaban J connectivity index is 1.66. The number of hydrogen-bond donors (Lipinski definition) is 0. The molecule has 1 aromatic heterocycles. The van der Waals surface area contributed by atoms with Crippen molar-refractivity contribution in [3.8, 4) is 5.75 Å². The molecule has 0 saturated heterocycles. The zero-order valence-corrected chi connectivity index (χ0v) is 16.0. The standard InChI is InChI=1S/C19H20ClN3OS/c1-13-7-9-15(10-8-13)12-25-19-22-21-18(23(19)3)14(2)24-17-6-4-5-16(20)11-17/h4-11,14H,12H2,1-3H3. The van der Waals surface area contributed by atoms with Crippen LogP contribution in [-0.2, 0) is 12.8 Å². The van der Waals surface area contributed by atoms with Gasteiger partial charge in [-0.3, -0.25) is 0 Å². The van der Waals surface area contributed by atoms with E-state index in [0.29, 0.717) is 5.02 Å². The van der Waals surface area contributed by atoms with Crippen molar-refractivity contribution in [2.75, 3.05) is 0 Å². The minimum Gasteiger partial charge on any atom is -0.483 e. The topological polar surface area (TPSA) is 39.9 Å². The van der Waals surface area contributed by atoms with Gasteiger partial charge in [0.15, 0.2) is 17.1 Å². The van der Waals surface area contributed by atoms with Crippen LogP contribution < -0.4 is 4.74 Å². The van der Waals surface area contributed by atoms with Crippen molar-refractivity contribution in [3.05, 3.63) is 70.5 Å². The van der Waals surface area contributed by atoms with Crippen LogP contribution in [0.25, 0.3) is 0 Å². The average molecular weight is 374 g/mol. The maximum absolute atomic E-state index is 6.00. The summed E-state index contributed by atoms with van der Waals surface area (Å²) < 4.78 is 7.91. The van der Waals surface area contributed by atoms with Gasteiger partial charge in [0.05, 0.1) is 0 Å². The highest BCUT2D eigenvalue weighted by Crippen LogP contribution is 2.26. The summed E-state index contributed by atoms with van der Waals surface area (Å²) in [5.41, 5.74) is 2.53. The fraction of sp³-hybridized carbons (Fsp3) is 0.263. The number of halogens is 1. The second kappa shape index (κ2) is 7.93. The molecule has 0 spiro atoms. The van der Waals surface area contributed by atoms with Crippen molar-refractivity contribution < 1.29 is 4.74 Å². The quantitative estimate of drug-likeness (QED) is 0.556. The molecule has 2 aromatic carbocycles. The summed E-state index contributed by atoms with van der Waals surface area (Å²) >= 11 is 7.67. The van der Waals surface area contributed by atoms with Crippen LogP contribution in [0.15, 0.2) is 53.7 Å². The van der Waals surface area contributed by atoms with Gasteiger partial charge in [0, 0.05) is 17.8 Å². The molecule has 0 fully saturated rings. The minimum absolute atomic E-state index is 0.218. The summed E-state index contributed by atoms with van der Waals surface area (Å²) in [4.78, 5) is 0. The van der Waals surface area contributed by atoms with Crippen molar-refractivity contribution in [3.63, 3.8) is 0 Å². The van der Waals surface area contributed by atoms with E-state index in [9.17, 15) is 0 Å². The number of benzene rings is 2. The molecular weight excluding hydrogens is 354 g/mol. The highest BCUT2D eigenvalue weighted by Gasteiger charge is 2.17. The van der Waals surface area contributed by atoms with E-state index in [0.717, 1.165) is 22.5 Å². The third-order valence-electron chi connectivity index (χ3n) is 3.83. The molecule has 0 aliphatic heterocycles. The molecule has 6 heteroatoms. The van der Waals surface area contributed by atoms with E-state index in [1.54, 1.807) is 17.8 Å². The molecule has 0 radical (unpaired) electrons. The molecule has 0 N–H and O–H groups in total. The molecule has 1 unspecified atom stereocenters. The number of aryl methyl sites for hydroxylation is 1. The van der Waals surface area contributed by atoms with Crippen LogP contribution in [0.5, 0.6) is 5.75 Å². The number of nitrogens with zero attached hydrogens (tertiary/aromatic N) is 3. The molecule has 0 bridgehead atoms. The van der Waals surface area contributed by atoms with Crippen LogP contribution in [0.3, 0.4) is 0 Å². The van der Waals surface area contributed by atoms with Crippen molar-refractivity contribution in [1.29, 1.82) is 0 Å². The van der Waals surface area contributed by atoms with Gasteiger partial charge in [0.25, 0.3) is 0 Å². The average Bonchev–Trinajstić information content (AvgIpc) is 2.95. The first-order valence-corrected chi connectivity index (χ1v) is 9.39. The Morgan fingerprint density at radius 3 is 2.64 bits per heavy atom. The summed E-state index contributed by atoms with van der Waals surface area (Å²) in [6.45, 7) is 4.05. The Kier molecular flexibility index (Phi) is 5.66. The van der Waals surface area contributed by atoms with E-state index < -0.39 is 0 Å². The van der Waals surface area contributed by atoms with Crippen LogP contribution in [0.1, 0.15) is 30.0 Å². The maximum atomic E-state index is 6.00. The highest BCUT2D eigenvalue weighted by molar-refractivity contribution is 7.98. The Labute approximate surface area is 157 Å². The second-order valence-electron chi connectivity index (χ2n) is 5.89. The van der Waals surface area contributed by atoms with E-state index in [1.807, 2.05) is 36.7 Å². The monoisotopic (exact) mass is 373 g/mol. The van der Waals surface area contributed by atoms with Crippen molar-refractivity contribution in [2.45, 2.75) is 30.9 Å². The maximum Gasteiger partial charge on any atom is 0.191 e. The lowest BCUT2D eigenvalue weighted by Gasteiger charge is -2.14. The molecule has 0 aliphatic rings. The molecule has 0 saturated carbocycles. The number of aromatic nitrogens is 3. The van der Waals surface area contributed by atoms with Crippen LogP contribution >= 0.6 is 23.4 Å². The lowest BCUT2D eigenvalue weighted by molar-refractivity contribution is 0.211. The summed E-state index contributed by atoms with van der Waals surface area (Å²) in [6, 6.07) is 15.9. The molecule has 25 heavy (non-hydrogen) atoms. The van der Waals surface area contributed by atoms with Gasteiger partial charge >= 0.3 is 0 Å². The van der Waals surface area contributed by atoms with Gasteiger partial charge in [-0.05, 0) is 37.6 Å². The van der Waals surface area contributed by atoms with Crippen LogP contribution in [0, 0.1) is 6.92 Å². The molecule has 0 amide bonds. The molecular formula is C19H20ClN3OS. The Bertz CT molecular complexity index is 848. The second-order valence-corrected chi connectivity index (χ2v) is 7.27. The summed E-state index contributed by atoms with van der Waals surface area (Å²) in [5.74, 6) is 2.36. The van der Waals surface area contributed by atoms with E-state index in [2.05, 4.69) is 41.4 Å². The number of hydrogen-bond acceptors (Lipinski definition) is 4. The number of ether oxygens (including phenoxy) is 1. The van der Waals surface area contributed by atoms with Gasteiger partial charge in [-0.1, -0.05) is 59.3 Å². The van der Waals surface area contributed by atoms with Crippen LogP contribution in [0.2, 0.25) is 5.02 Å². The lowest BCUT2D eigenvalue weighted by atomic mass is 10.2. The van der Waals surface area contributed by atoms with Gasteiger partial charge in [0.2, 0.25) is 0 Å². The molecule has 3 aromatic rings. The van der Waals surface area contributed by atoms with Gasteiger partial charge in [-0.25, -0.2) is 0 Å². The summed E-state index contributed by atoms with van der Waals surface area (Å²) in [7, 11) is 1.96. The predicted octanol–water partition coefficient (Wildman–Crippen LogP) is 5.21. The Morgan fingerprint density at radius 1 is 1.16 bits per heavy atom. The molecule has 130 valence electrons.